The Morgan fingerprint density at radius 2 is 2.30 bits per heavy atom. The summed E-state index contributed by atoms with van der Waals surface area (Å²) in [4.78, 5) is 18.5. The van der Waals surface area contributed by atoms with Gasteiger partial charge in [0.05, 0.1) is 19.0 Å². The second kappa shape index (κ2) is 5.95. The molecule has 0 aromatic carbocycles. The summed E-state index contributed by atoms with van der Waals surface area (Å²) in [5, 5.41) is 0. The molecule has 1 amide bonds. The molecule has 0 spiro atoms. The summed E-state index contributed by atoms with van der Waals surface area (Å²) >= 11 is 0. The fourth-order valence-electron chi connectivity index (χ4n) is 2.78. The number of ether oxygens (including phenoxy) is 1. The van der Waals surface area contributed by atoms with Crippen molar-refractivity contribution in [1.29, 1.82) is 0 Å². The van der Waals surface area contributed by atoms with Crippen molar-refractivity contribution in [1.82, 2.24) is 14.5 Å². The molecule has 1 aromatic rings. The Hall–Kier alpha value is -1.36. The number of carbonyl (C=O) groups excluding carboxylic acids is 1. The first-order chi connectivity index (χ1) is 9.74. The summed E-state index contributed by atoms with van der Waals surface area (Å²) in [5.74, 6) is 0.834. The second-order valence-corrected chi connectivity index (χ2v) is 6.01. The molecule has 2 heterocycles. The Balaban J connectivity index is 1.53. The first-order valence-electron chi connectivity index (χ1n) is 7.62. The molecule has 2 atom stereocenters. The third-order valence-corrected chi connectivity index (χ3v) is 4.28. The van der Waals surface area contributed by atoms with E-state index in [-0.39, 0.29) is 12.0 Å². The Kier molecular flexibility index (Phi) is 4.05. The van der Waals surface area contributed by atoms with Gasteiger partial charge in [-0.2, -0.15) is 0 Å². The minimum Gasteiger partial charge on any atom is -0.368 e. The van der Waals surface area contributed by atoms with E-state index in [0.29, 0.717) is 12.0 Å². The number of hydrogen-bond donors (Lipinski definition) is 0. The summed E-state index contributed by atoms with van der Waals surface area (Å²) in [6.45, 7) is 4.24. The van der Waals surface area contributed by atoms with Crippen LogP contribution in [0, 0.1) is 5.92 Å². The van der Waals surface area contributed by atoms with Crippen LogP contribution in [0.25, 0.3) is 0 Å². The van der Waals surface area contributed by atoms with Crippen LogP contribution in [-0.2, 0) is 9.53 Å². The van der Waals surface area contributed by atoms with Crippen molar-refractivity contribution in [2.75, 3.05) is 19.7 Å². The van der Waals surface area contributed by atoms with E-state index in [4.69, 9.17) is 4.74 Å². The first-order valence-corrected chi connectivity index (χ1v) is 7.62. The zero-order chi connectivity index (χ0) is 13.9. The lowest BCUT2D eigenvalue weighted by molar-refractivity contribution is -0.144. The van der Waals surface area contributed by atoms with E-state index in [9.17, 15) is 4.79 Å². The van der Waals surface area contributed by atoms with E-state index >= 15 is 0 Å². The molecule has 3 rings (SSSR count). The minimum absolute atomic E-state index is 0.135. The van der Waals surface area contributed by atoms with E-state index in [2.05, 4.69) is 9.55 Å². The summed E-state index contributed by atoms with van der Waals surface area (Å²) in [6, 6.07) is 0.353. The van der Waals surface area contributed by atoms with E-state index in [0.717, 1.165) is 32.5 Å². The highest BCUT2D eigenvalue weighted by Crippen LogP contribution is 2.29. The second-order valence-electron chi connectivity index (χ2n) is 6.01. The van der Waals surface area contributed by atoms with Crippen molar-refractivity contribution in [2.24, 2.45) is 5.92 Å². The maximum atomic E-state index is 12.4. The van der Waals surface area contributed by atoms with Gasteiger partial charge in [0.1, 0.15) is 6.10 Å². The number of amides is 1. The minimum atomic E-state index is -0.308. The van der Waals surface area contributed by atoms with Crippen molar-refractivity contribution in [3.05, 3.63) is 18.7 Å². The predicted octanol–water partition coefficient (Wildman–Crippen LogP) is 1.86. The number of rotatable bonds is 5. The van der Waals surface area contributed by atoms with Crippen LogP contribution in [0.15, 0.2) is 18.7 Å². The summed E-state index contributed by atoms with van der Waals surface area (Å²) in [5.41, 5.74) is 0. The third kappa shape index (κ3) is 3.20. The van der Waals surface area contributed by atoms with Crippen molar-refractivity contribution >= 4 is 5.91 Å². The molecule has 0 N–H and O–H groups in total. The van der Waals surface area contributed by atoms with E-state index in [1.807, 2.05) is 24.3 Å². The smallest absolute Gasteiger partial charge is 0.251 e. The summed E-state index contributed by atoms with van der Waals surface area (Å²) in [7, 11) is 0. The molecule has 1 saturated heterocycles. The molecule has 20 heavy (non-hydrogen) atoms. The largest absolute Gasteiger partial charge is 0.368 e. The van der Waals surface area contributed by atoms with Gasteiger partial charge < -0.3 is 14.2 Å². The van der Waals surface area contributed by atoms with Crippen molar-refractivity contribution in [3.8, 4) is 0 Å². The predicted molar refractivity (Wildman–Crippen MR) is 75.2 cm³/mol. The van der Waals surface area contributed by atoms with Gasteiger partial charge in [-0.25, -0.2) is 4.98 Å². The highest BCUT2D eigenvalue weighted by molar-refractivity contribution is 5.80. The van der Waals surface area contributed by atoms with Crippen LogP contribution in [0.4, 0.5) is 0 Å². The van der Waals surface area contributed by atoms with E-state index in [1.165, 1.54) is 12.8 Å². The van der Waals surface area contributed by atoms with Crippen LogP contribution in [0.1, 0.15) is 38.6 Å². The van der Waals surface area contributed by atoms with Gasteiger partial charge in [0.15, 0.2) is 0 Å². The van der Waals surface area contributed by atoms with Crippen LogP contribution in [0.5, 0.6) is 0 Å². The fraction of sp³-hybridized carbons (Fsp3) is 0.733. The SMILES string of the molecule is C[C@H](OCC1CC1)C(=O)N1CCC[C@H](n2ccnc2)C1. The zero-order valence-electron chi connectivity index (χ0n) is 12.1. The number of likely N-dealkylation sites (tertiary alicyclic amines) is 1. The van der Waals surface area contributed by atoms with Crippen molar-refractivity contribution in [2.45, 2.75) is 44.8 Å². The van der Waals surface area contributed by atoms with Gasteiger partial charge in [-0.15, -0.1) is 0 Å². The Morgan fingerprint density at radius 3 is 3.00 bits per heavy atom. The molecule has 2 aliphatic rings. The van der Waals surface area contributed by atoms with Crippen LogP contribution in [0.3, 0.4) is 0 Å². The van der Waals surface area contributed by atoms with E-state index in [1.54, 1.807) is 6.20 Å². The molecule has 0 bridgehead atoms. The molecule has 5 nitrogen and oxygen atoms in total. The van der Waals surface area contributed by atoms with Crippen molar-refractivity contribution in [3.63, 3.8) is 0 Å². The third-order valence-electron chi connectivity index (χ3n) is 4.28. The van der Waals surface area contributed by atoms with Crippen LogP contribution < -0.4 is 0 Å². The highest BCUT2D eigenvalue weighted by Gasteiger charge is 2.29. The van der Waals surface area contributed by atoms with Gasteiger partial charge in [-0.1, -0.05) is 0 Å². The van der Waals surface area contributed by atoms with Crippen LogP contribution in [-0.4, -0.2) is 46.2 Å². The molecule has 110 valence electrons. The Bertz CT molecular complexity index is 442. The lowest BCUT2D eigenvalue weighted by Crippen LogP contribution is -2.45. The normalized spacial score (nSPS) is 24.6. The van der Waals surface area contributed by atoms with Gasteiger partial charge in [0.25, 0.3) is 5.91 Å². The first kappa shape index (κ1) is 13.6. The molecule has 1 aliphatic carbocycles. The molecule has 2 fully saturated rings. The maximum Gasteiger partial charge on any atom is 0.251 e. The summed E-state index contributed by atoms with van der Waals surface area (Å²) in [6.07, 6.45) is 9.97. The van der Waals surface area contributed by atoms with Crippen LogP contribution >= 0.6 is 0 Å². The standard InChI is InChI=1S/C15H23N3O2/c1-12(20-10-13-4-5-13)15(19)17-7-2-3-14(9-17)18-8-6-16-11-18/h6,8,11-14H,2-5,7,9-10H2,1H3/t12-,14-/m0/s1. The van der Waals surface area contributed by atoms with Crippen LogP contribution in [0.2, 0.25) is 0 Å². The summed E-state index contributed by atoms with van der Waals surface area (Å²) < 4.78 is 7.80. The fourth-order valence-corrected chi connectivity index (χ4v) is 2.78. The monoisotopic (exact) mass is 277 g/mol. The highest BCUT2D eigenvalue weighted by atomic mass is 16.5. The van der Waals surface area contributed by atoms with Crippen molar-refractivity contribution < 1.29 is 9.53 Å². The molecular formula is C15H23N3O2. The number of carbonyl (C=O) groups is 1. The van der Waals surface area contributed by atoms with E-state index < -0.39 is 0 Å². The number of imidazole rings is 1. The molecule has 0 unspecified atom stereocenters. The molecular weight excluding hydrogens is 254 g/mol. The van der Waals surface area contributed by atoms with Gasteiger partial charge in [0.2, 0.25) is 0 Å². The molecule has 0 radical (unpaired) electrons. The number of piperidine rings is 1. The number of nitrogens with zero attached hydrogens (tertiary/aromatic N) is 3. The number of hydrogen-bond acceptors (Lipinski definition) is 3. The van der Waals surface area contributed by atoms with Gasteiger partial charge in [0, 0.05) is 25.5 Å². The quantitative estimate of drug-likeness (QED) is 0.825. The molecule has 1 aliphatic heterocycles. The van der Waals surface area contributed by atoms with Gasteiger partial charge in [-0.3, -0.25) is 4.79 Å². The maximum absolute atomic E-state index is 12.4. The molecule has 1 aromatic heterocycles. The lowest BCUT2D eigenvalue weighted by atomic mass is 10.1. The zero-order valence-corrected chi connectivity index (χ0v) is 12.1. The average molecular weight is 277 g/mol. The molecule has 5 heteroatoms. The average Bonchev–Trinajstić information content (AvgIpc) is 3.15. The number of aromatic nitrogens is 2. The Labute approximate surface area is 119 Å². The topological polar surface area (TPSA) is 47.4 Å². The Morgan fingerprint density at radius 1 is 1.45 bits per heavy atom. The van der Waals surface area contributed by atoms with Gasteiger partial charge >= 0.3 is 0 Å². The molecule has 1 saturated carbocycles. The van der Waals surface area contributed by atoms with Gasteiger partial charge in [-0.05, 0) is 38.5 Å². The lowest BCUT2D eigenvalue weighted by Gasteiger charge is -2.34.